The molecule has 0 fully saturated rings. The van der Waals surface area contributed by atoms with Gasteiger partial charge >= 0.3 is 0 Å². The number of carbonyl (C=O) groups is 1. The van der Waals surface area contributed by atoms with Crippen LogP contribution >= 0.6 is 11.6 Å². The Labute approximate surface area is 160 Å². The molecule has 0 aliphatic rings. The van der Waals surface area contributed by atoms with Crippen molar-refractivity contribution in [2.75, 3.05) is 5.32 Å². The van der Waals surface area contributed by atoms with Crippen LogP contribution in [-0.4, -0.2) is 15.5 Å². The fourth-order valence-corrected chi connectivity index (χ4v) is 2.73. The summed E-state index contributed by atoms with van der Waals surface area (Å²) in [5.74, 6) is -0.507. The Hall–Kier alpha value is -2.99. The van der Waals surface area contributed by atoms with Gasteiger partial charge in [-0.3, -0.25) is 14.2 Å². The van der Waals surface area contributed by atoms with Crippen LogP contribution in [-0.2, 0) is 11.3 Å². The van der Waals surface area contributed by atoms with Crippen molar-refractivity contribution in [1.82, 2.24) is 9.55 Å². The van der Waals surface area contributed by atoms with E-state index >= 15 is 0 Å². The number of amides is 1. The molecule has 0 radical (unpaired) electrons. The maximum Gasteiger partial charge on any atom is 0.254 e. The number of benzene rings is 2. The molecule has 0 saturated heterocycles. The summed E-state index contributed by atoms with van der Waals surface area (Å²) in [7, 11) is 0. The lowest BCUT2D eigenvalue weighted by Crippen LogP contribution is -2.29. The second-order valence-corrected chi connectivity index (χ2v) is 6.60. The highest BCUT2D eigenvalue weighted by Gasteiger charge is 2.14. The van der Waals surface area contributed by atoms with Crippen LogP contribution in [0.2, 0.25) is 5.02 Å². The number of nitrogens with one attached hydrogen (secondary N) is 1. The molecule has 0 unspecified atom stereocenters. The summed E-state index contributed by atoms with van der Waals surface area (Å²) < 4.78 is 14.9. The Morgan fingerprint density at radius 3 is 2.52 bits per heavy atom. The van der Waals surface area contributed by atoms with Crippen molar-refractivity contribution >= 4 is 23.2 Å². The van der Waals surface area contributed by atoms with Crippen molar-refractivity contribution in [2.45, 2.75) is 20.4 Å². The molecule has 3 rings (SSSR count). The molecule has 1 heterocycles. The van der Waals surface area contributed by atoms with Crippen LogP contribution in [0.15, 0.2) is 53.3 Å². The zero-order valence-electron chi connectivity index (χ0n) is 14.8. The number of anilines is 1. The monoisotopic (exact) mass is 385 g/mol. The molecule has 2 aromatic carbocycles. The lowest BCUT2D eigenvalue weighted by Gasteiger charge is -2.13. The summed E-state index contributed by atoms with van der Waals surface area (Å²) in [5.41, 5.74) is 1.66. The Bertz CT molecular complexity index is 1060. The molecule has 5 nitrogen and oxygen atoms in total. The molecule has 3 aromatic rings. The molecule has 27 heavy (non-hydrogen) atoms. The fourth-order valence-electron chi connectivity index (χ4n) is 2.61. The molecular formula is C20H17ClFN3O2. The lowest BCUT2D eigenvalue weighted by atomic mass is 10.2. The Morgan fingerprint density at radius 2 is 1.85 bits per heavy atom. The molecule has 138 valence electrons. The molecule has 7 heteroatoms. The number of halogens is 2. The minimum Gasteiger partial charge on any atom is -0.324 e. The van der Waals surface area contributed by atoms with E-state index in [-0.39, 0.29) is 12.1 Å². The minimum atomic E-state index is -0.457. The van der Waals surface area contributed by atoms with E-state index in [1.54, 1.807) is 50.2 Å². The number of hydrogen-bond donors (Lipinski definition) is 1. The maximum atomic E-state index is 13.7. The average molecular weight is 386 g/mol. The Balaban J connectivity index is 1.91. The number of hydrogen-bond acceptors (Lipinski definition) is 3. The van der Waals surface area contributed by atoms with Gasteiger partial charge in [0, 0.05) is 28.0 Å². The van der Waals surface area contributed by atoms with E-state index in [0.717, 1.165) is 0 Å². The van der Waals surface area contributed by atoms with Crippen molar-refractivity contribution in [3.8, 4) is 11.4 Å². The van der Waals surface area contributed by atoms with E-state index in [1.165, 1.54) is 16.7 Å². The molecule has 0 atom stereocenters. The average Bonchev–Trinajstić information content (AvgIpc) is 2.61. The van der Waals surface area contributed by atoms with Gasteiger partial charge in [-0.25, -0.2) is 9.37 Å². The first kappa shape index (κ1) is 18.8. The Morgan fingerprint density at radius 1 is 1.15 bits per heavy atom. The molecule has 0 aliphatic carbocycles. The zero-order chi connectivity index (χ0) is 19.6. The number of aryl methyl sites for hydroxylation is 2. The molecule has 1 N–H and O–H groups in total. The van der Waals surface area contributed by atoms with Crippen LogP contribution in [0.3, 0.4) is 0 Å². The Kier molecular flexibility index (Phi) is 5.37. The van der Waals surface area contributed by atoms with Gasteiger partial charge in [0.1, 0.15) is 18.2 Å². The van der Waals surface area contributed by atoms with E-state index in [9.17, 15) is 14.0 Å². The van der Waals surface area contributed by atoms with Gasteiger partial charge in [-0.2, -0.15) is 0 Å². The number of carbonyl (C=O) groups excluding carboxylic acids is 1. The predicted molar refractivity (Wildman–Crippen MR) is 103 cm³/mol. The molecular weight excluding hydrogens is 369 g/mol. The van der Waals surface area contributed by atoms with Crippen molar-refractivity contribution in [3.05, 3.63) is 81.0 Å². The largest absolute Gasteiger partial charge is 0.324 e. The highest BCUT2D eigenvalue weighted by molar-refractivity contribution is 6.30. The topological polar surface area (TPSA) is 64.0 Å². The number of nitrogens with zero attached hydrogens (tertiary/aromatic N) is 2. The third-order valence-corrected chi connectivity index (χ3v) is 4.25. The third-order valence-electron chi connectivity index (χ3n) is 4.00. The number of rotatable bonds is 4. The molecule has 0 saturated carbocycles. The van der Waals surface area contributed by atoms with Gasteiger partial charge in [-0.15, -0.1) is 0 Å². The number of aromatic nitrogens is 2. The van der Waals surface area contributed by atoms with E-state index < -0.39 is 11.7 Å². The summed E-state index contributed by atoms with van der Waals surface area (Å²) in [5, 5.41) is 3.16. The molecule has 0 aliphatic heterocycles. The van der Waals surface area contributed by atoms with Crippen LogP contribution in [0.25, 0.3) is 11.4 Å². The molecule has 0 bridgehead atoms. The van der Waals surface area contributed by atoms with Crippen molar-refractivity contribution in [2.24, 2.45) is 0 Å². The third kappa shape index (κ3) is 4.41. The molecule has 0 spiro atoms. The van der Waals surface area contributed by atoms with E-state index in [2.05, 4.69) is 10.3 Å². The standard InChI is InChI=1S/C20H17ClFN3O2/c1-12-3-8-16(10-17(12)22)24-18(26)11-25-19(27)9-13(2)23-20(25)14-4-6-15(21)7-5-14/h3-10H,11H2,1-2H3,(H,24,26). The fraction of sp³-hybridized carbons (Fsp3) is 0.150. The minimum absolute atomic E-state index is 0.250. The van der Waals surface area contributed by atoms with Gasteiger partial charge in [-0.05, 0) is 55.8 Å². The van der Waals surface area contributed by atoms with Gasteiger partial charge in [-0.1, -0.05) is 17.7 Å². The second-order valence-electron chi connectivity index (χ2n) is 6.16. The second kappa shape index (κ2) is 7.72. The van der Waals surface area contributed by atoms with Gasteiger partial charge in [0.15, 0.2) is 0 Å². The van der Waals surface area contributed by atoms with E-state index in [0.29, 0.717) is 33.4 Å². The maximum absolute atomic E-state index is 13.7. The normalized spacial score (nSPS) is 10.7. The lowest BCUT2D eigenvalue weighted by molar-refractivity contribution is -0.116. The van der Waals surface area contributed by atoms with Gasteiger partial charge in [0.25, 0.3) is 5.56 Å². The SMILES string of the molecule is Cc1cc(=O)n(CC(=O)Nc2ccc(C)c(F)c2)c(-c2ccc(Cl)cc2)n1. The first-order chi connectivity index (χ1) is 12.8. The van der Waals surface area contributed by atoms with Crippen LogP contribution < -0.4 is 10.9 Å². The highest BCUT2D eigenvalue weighted by Crippen LogP contribution is 2.19. The van der Waals surface area contributed by atoms with Crippen LogP contribution in [0.5, 0.6) is 0 Å². The highest BCUT2D eigenvalue weighted by atomic mass is 35.5. The van der Waals surface area contributed by atoms with E-state index in [4.69, 9.17) is 11.6 Å². The van der Waals surface area contributed by atoms with Crippen LogP contribution in [0.4, 0.5) is 10.1 Å². The summed E-state index contributed by atoms with van der Waals surface area (Å²) in [6.45, 7) is 3.09. The summed E-state index contributed by atoms with van der Waals surface area (Å²) >= 11 is 5.92. The zero-order valence-corrected chi connectivity index (χ0v) is 15.5. The van der Waals surface area contributed by atoms with Crippen molar-refractivity contribution < 1.29 is 9.18 Å². The summed E-state index contributed by atoms with van der Waals surface area (Å²) in [6, 6.07) is 12.6. The quantitative estimate of drug-likeness (QED) is 0.739. The smallest absolute Gasteiger partial charge is 0.254 e. The first-order valence-corrected chi connectivity index (χ1v) is 8.62. The molecule has 1 amide bonds. The molecule has 1 aromatic heterocycles. The van der Waals surface area contributed by atoms with Crippen molar-refractivity contribution in [3.63, 3.8) is 0 Å². The summed E-state index contributed by atoms with van der Waals surface area (Å²) in [6.07, 6.45) is 0. The predicted octanol–water partition coefficient (Wildman–Crippen LogP) is 3.96. The van der Waals surface area contributed by atoms with Gasteiger partial charge in [0.05, 0.1) is 0 Å². The van der Waals surface area contributed by atoms with Crippen LogP contribution in [0, 0.1) is 19.7 Å². The van der Waals surface area contributed by atoms with E-state index in [1.807, 2.05) is 0 Å². The van der Waals surface area contributed by atoms with Gasteiger partial charge < -0.3 is 5.32 Å². The van der Waals surface area contributed by atoms with Gasteiger partial charge in [0.2, 0.25) is 5.91 Å². The van der Waals surface area contributed by atoms with Crippen LogP contribution in [0.1, 0.15) is 11.3 Å². The van der Waals surface area contributed by atoms with Crippen molar-refractivity contribution in [1.29, 1.82) is 0 Å². The summed E-state index contributed by atoms with van der Waals surface area (Å²) in [4.78, 5) is 29.3. The first-order valence-electron chi connectivity index (χ1n) is 8.24.